The molecule has 2 N–H and O–H groups in total. The number of carboxylic acid groups (broad SMARTS) is 1. The third-order valence-corrected chi connectivity index (χ3v) is 2.78. The molecule has 0 aliphatic heterocycles. The Balaban J connectivity index is 2.06. The first-order valence-electron chi connectivity index (χ1n) is 5.92. The van der Waals surface area contributed by atoms with E-state index in [0.717, 1.165) is 5.56 Å². The summed E-state index contributed by atoms with van der Waals surface area (Å²) in [4.78, 5) is 19.0. The van der Waals surface area contributed by atoms with Gasteiger partial charge in [0.05, 0.1) is 11.3 Å². The van der Waals surface area contributed by atoms with E-state index >= 15 is 0 Å². The highest BCUT2D eigenvalue weighted by molar-refractivity contribution is 5.88. The maximum absolute atomic E-state index is 10.8. The fraction of sp³-hybridized carbons (Fsp3) is 0.214. The lowest BCUT2D eigenvalue weighted by molar-refractivity contribution is 0.0695. The van der Waals surface area contributed by atoms with Crippen LogP contribution in [0, 0.1) is 13.8 Å². The molecule has 0 aliphatic rings. The van der Waals surface area contributed by atoms with Crippen molar-refractivity contribution in [1.29, 1.82) is 0 Å². The van der Waals surface area contributed by atoms with Crippen LogP contribution in [-0.2, 0) is 6.54 Å². The molecule has 1 aromatic carbocycles. The summed E-state index contributed by atoms with van der Waals surface area (Å²) in [6.07, 6.45) is 1.32. The van der Waals surface area contributed by atoms with Crippen LogP contribution in [0.3, 0.4) is 0 Å². The van der Waals surface area contributed by atoms with Crippen molar-refractivity contribution in [2.75, 3.05) is 5.32 Å². The number of aromatic nitrogens is 2. The second kappa shape index (κ2) is 5.48. The van der Waals surface area contributed by atoms with Crippen LogP contribution in [0.1, 0.15) is 27.2 Å². The van der Waals surface area contributed by atoms with Gasteiger partial charge in [-0.3, -0.25) is 0 Å². The van der Waals surface area contributed by atoms with E-state index < -0.39 is 5.97 Å². The summed E-state index contributed by atoms with van der Waals surface area (Å²) in [5, 5.41) is 12.0. The van der Waals surface area contributed by atoms with Gasteiger partial charge in [-0.05, 0) is 19.4 Å². The highest BCUT2D eigenvalue weighted by Gasteiger charge is 2.09. The Morgan fingerprint density at radius 2 is 1.95 bits per heavy atom. The number of aromatic carboxylic acids is 1. The molecular weight excluding hydrogens is 242 g/mol. The predicted molar refractivity (Wildman–Crippen MR) is 72.2 cm³/mol. The average molecular weight is 257 g/mol. The lowest BCUT2D eigenvalue weighted by Gasteiger charge is -2.07. The second-order valence-corrected chi connectivity index (χ2v) is 4.34. The van der Waals surface area contributed by atoms with Crippen molar-refractivity contribution in [2.45, 2.75) is 20.4 Å². The zero-order valence-electron chi connectivity index (χ0n) is 10.8. The Labute approximate surface area is 111 Å². The van der Waals surface area contributed by atoms with E-state index in [9.17, 15) is 4.79 Å². The Morgan fingerprint density at radius 1 is 1.26 bits per heavy atom. The number of carboxylic acids is 1. The third kappa shape index (κ3) is 3.28. The van der Waals surface area contributed by atoms with Gasteiger partial charge in [-0.2, -0.15) is 0 Å². The first kappa shape index (κ1) is 13.0. The van der Waals surface area contributed by atoms with Crippen LogP contribution >= 0.6 is 0 Å². The number of anilines is 1. The van der Waals surface area contributed by atoms with Crippen LogP contribution < -0.4 is 5.32 Å². The average Bonchev–Trinajstić information content (AvgIpc) is 2.37. The van der Waals surface area contributed by atoms with Crippen molar-refractivity contribution in [3.8, 4) is 0 Å². The van der Waals surface area contributed by atoms with E-state index in [-0.39, 0.29) is 5.56 Å². The highest BCUT2D eigenvalue weighted by Crippen LogP contribution is 2.09. The molecule has 1 heterocycles. The molecule has 0 radical (unpaired) electrons. The molecule has 98 valence electrons. The zero-order chi connectivity index (χ0) is 13.8. The third-order valence-electron chi connectivity index (χ3n) is 2.78. The van der Waals surface area contributed by atoms with Crippen molar-refractivity contribution in [3.63, 3.8) is 0 Å². The lowest BCUT2D eigenvalue weighted by Crippen LogP contribution is -2.08. The topological polar surface area (TPSA) is 75.1 Å². The van der Waals surface area contributed by atoms with Gasteiger partial charge in [0.15, 0.2) is 0 Å². The maximum atomic E-state index is 10.8. The molecule has 2 aromatic rings. The normalized spacial score (nSPS) is 10.2. The van der Waals surface area contributed by atoms with Crippen molar-refractivity contribution >= 4 is 11.9 Å². The minimum absolute atomic E-state index is 0.126. The molecule has 19 heavy (non-hydrogen) atoms. The molecule has 0 aliphatic carbocycles. The number of nitrogens with one attached hydrogen (secondary N) is 1. The molecule has 0 spiro atoms. The Morgan fingerprint density at radius 3 is 2.53 bits per heavy atom. The smallest absolute Gasteiger partial charge is 0.339 e. The first-order chi connectivity index (χ1) is 9.06. The van der Waals surface area contributed by atoms with E-state index in [1.54, 1.807) is 6.92 Å². The van der Waals surface area contributed by atoms with Crippen molar-refractivity contribution in [3.05, 3.63) is 52.8 Å². The van der Waals surface area contributed by atoms with Gasteiger partial charge in [0.25, 0.3) is 0 Å². The van der Waals surface area contributed by atoms with Gasteiger partial charge < -0.3 is 10.4 Å². The van der Waals surface area contributed by atoms with Crippen LogP contribution in [0.15, 0.2) is 30.5 Å². The standard InChI is InChI=1S/C14H15N3O2/c1-9-3-5-11(6-4-9)7-15-14-16-8-12(13(18)19)10(2)17-14/h3-6,8H,7H2,1-2H3,(H,18,19)(H,15,16,17). The monoisotopic (exact) mass is 257 g/mol. The quantitative estimate of drug-likeness (QED) is 0.879. The van der Waals surface area contributed by atoms with Crippen LogP contribution in [-0.4, -0.2) is 21.0 Å². The molecule has 0 unspecified atom stereocenters. The van der Waals surface area contributed by atoms with E-state index in [1.165, 1.54) is 11.8 Å². The number of hydrogen-bond donors (Lipinski definition) is 2. The summed E-state index contributed by atoms with van der Waals surface area (Å²) in [6, 6.07) is 8.13. The van der Waals surface area contributed by atoms with Crippen molar-refractivity contribution < 1.29 is 9.90 Å². The fourth-order valence-electron chi connectivity index (χ4n) is 1.65. The molecule has 0 saturated heterocycles. The van der Waals surface area contributed by atoms with Gasteiger partial charge in [0.1, 0.15) is 0 Å². The van der Waals surface area contributed by atoms with Crippen LogP contribution in [0.2, 0.25) is 0 Å². The molecule has 0 saturated carbocycles. The van der Waals surface area contributed by atoms with Crippen LogP contribution in [0.4, 0.5) is 5.95 Å². The van der Waals surface area contributed by atoms with Gasteiger partial charge in [-0.15, -0.1) is 0 Å². The van der Waals surface area contributed by atoms with E-state index in [1.807, 2.05) is 31.2 Å². The number of aryl methyl sites for hydroxylation is 2. The summed E-state index contributed by atoms with van der Waals surface area (Å²) in [7, 11) is 0. The lowest BCUT2D eigenvalue weighted by atomic mass is 10.1. The van der Waals surface area contributed by atoms with Gasteiger partial charge >= 0.3 is 5.97 Å². The molecule has 0 atom stereocenters. The largest absolute Gasteiger partial charge is 0.478 e. The highest BCUT2D eigenvalue weighted by atomic mass is 16.4. The minimum Gasteiger partial charge on any atom is -0.478 e. The fourth-order valence-corrected chi connectivity index (χ4v) is 1.65. The minimum atomic E-state index is -1.01. The second-order valence-electron chi connectivity index (χ2n) is 4.34. The molecule has 1 aromatic heterocycles. The number of carbonyl (C=O) groups is 1. The van der Waals surface area contributed by atoms with E-state index in [0.29, 0.717) is 18.2 Å². The maximum Gasteiger partial charge on any atom is 0.339 e. The van der Waals surface area contributed by atoms with Crippen LogP contribution in [0.25, 0.3) is 0 Å². The summed E-state index contributed by atoms with van der Waals surface area (Å²) in [5.41, 5.74) is 2.91. The molecule has 0 bridgehead atoms. The molecule has 5 heteroatoms. The number of hydrogen-bond acceptors (Lipinski definition) is 4. The molecule has 0 fully saturated rings. The van der Waals surface area contributed by atoms with Crippen molar-refractivity contribution in [2.24, 2.45) is 0 Å². The first-order valence-corrected chi connectivity index (χ1v) is 5.92. The number of nitrogens with zero attached hydrogens (tertiary/aromatic N) is 2. The van der Waals surface area contributed by atoms with Gasteiger partial charge in [-0.1, -0.05) is 29.8 Å². The van der Waals surface area contributed by atoms with Crippen LogP contribution in [0.5, 0.6) is 0 Å². The summed E-state index contributed by atoms with van der Waals surface area (Å²) in [5.74, 6) is -0.578. The summed E-state index contributed by atoms with van der Waals surface area (Å²) < 4.78 is 0. The molecular formula is C14H15N3O2. The Kier molecular flexibility index (Phi) is 3.75. The molecule has 2 rings (SSSR count). The molecule has 0 amide bonds. The van der Waals surface area contributed by atoms with Crippen molar-refractivity contribution in [1.82, 2.24) is 9.97 Å². The summed E-state index contributed by atoms with van der Waals surface area (Å²) in [6.45, 7) is 4.29. The zero-order valence-corrected chi connectivity index (χ0v) is 10.8. The molecule has 5 nitrogen and oxygen atoms in total. The number of benzene rings is 1. The Hall–Kier alpha value is -2.43. The van der Waals surface area contributed by atoms with E-state index in [4.69, 9.17) is 5.11 Å². The van der Waals surface area contributed by atoms with Gasteiger partial charge in [-0.25, -0.2) is 14.8 Å². The SMILES string of the molecule is Cc1ccc(CNc2ncc(C(=O)O)c(C)n2)cc1. The summed E-state index contributed by atoms with van der Waals surface area (Å²) >= 11 is 0. The predicted octanol–water partition coefficient (Wildman–Crippen LogP) is 2.40. The Bertz CT molecular complexity index is 594. The van der Waals surface area contributed by atoms with Gasteiger partial charge in [0, 0.05) is 12.7 Å². The van der Waals surface area contributed by atoms with Gasteiger partial charge in [0.2, 0.25) is 5.95 Å². The number of rotatable bonds is 4. The van der Waals surface area contributed by atoms with E-state index in [2.05, 4.69) is 15.3 Å².